The number of pyridine rings is 1. The van der Waals surface area contributed by atoms with Crippen molar-refractivity contribution >= 4 is 22.8 Å². The van der Waals surface area contributed by atoms with Crippen molar-refractivity contribution in [2.45, 2.75) is 38.5 Å². The molecule has 0 aromatic carbocycles. The van der Waals surface area contributed by atoms with Gasteiger partial charge in [-0.05, 0) is 62.3 Å². The molecule has 1 amide bonds. The van der Waals surface area contributed by atoms with Crippen LogP contribution < -0.4 is 5.32 Å². The minimum Gasteiger partial charge on any atom is -0.343 e. The summed E-state index contributed by atoms with van der Waals surface area (Å²) in [4.78, 5) is 24.4. The molecule has 2 aromatic heterocycles. The van der Waals surface area contributed by atoms with Crippen LogP contribution in [-0.4, -0.2) is 20.9 Å². The van der Waals surface area contributed by atoms with Crippen LogP contribution >= 0.6 is 0 Å². The lowest BCUT2D eigenvalue weighted by Gasteiger charge is -2.55. The molecule has 0 aliphatic heterocycles. The topological polar surface area (TPSA) is 70.7 Å². The highest BCUT2D eigenvalue weighted by molar-refractivity contribution is 5.96. The number of aromatic amines is 1. The molecule has 4 bridgehead atoms. The van der Waals surface area contributed by atoms with Gasteiger partial charge in [0.15, 0.2) is 5.65 Å². The monoisotopic (exact) mass is 296 g/mol. The fraction of sp³-hybridized carbons (Fsp3) is 0.588. The van der Waals surface area contributed by atoms with E-state index >= 15 is 0 Å². The first kappa shape index (κ1) is 12.6. The van der Waals surface area contributed by atoms with Crippen LogP contribution in [0.3, 0.4) is 0 Å². The maximum Gasteiger partial charge on any atom is 0.230 e. The molecular formula is C17H20N4O. The van der Waals surface area contributed by atoms with E-state index in [1.165, 1.54) is 19.3 Å². The highest BCUT2D eigenvalue weighted by Crippen LogP contribution is 2.60. The molecule has 6 rings (SSSR count). The molecule has 0 spiro atoms. The predicted octanol–water partition coefficient (Wildman–Crippen LogP) is 3.11. The molecule has 4 fully saturated rings. The molecule has 114 valence electrons. The summed E-state index contributed by atoms with van der Waals surface area (Å²) in [6.45, 7) is 0. The summed E-state index contributed by atoms with van der Waals surface area (Å²) in [5.74, 6) is 2.56. The lowest BCUT2D eigenvalue weighted by molar-refractivity contribution is -0.140. The molecule has 2 heterocycles. The zero-order valence-corrected chi connectivity index (χ0v) is 12.5. The van der Waals surface area contributed by atoms with E-state index in [1.807, 2.05) is 6.07 Å². The van der Waals surface area contributed by atoms with Crippen molar-refractivity contribution in [3.63, 3.8) is 0 Å². The maximum absolute atomic E-state index is 13.0. The van der Waals surface area contributed by atoms with Gasteiger partial charge in [0, 0.05) is 0 Å². The fourth-order valence-electron chi connectivity index (χ4n) is 5.55. The summed E-state index contributed by atoms with van der Waals surface area (Å²) >= 11 is 0. The molecule has 0 unspecified atom stereocenters. The molecule has 4 saturated carbocycles. The summed E-state index contributed by atoms with van der Waals surface area (Å²) in [5.41, 5.74) is 2.21. The Bertz CT molecular complexity index is 715. The van der Waals surface area contributed by atoms with E-state index in [0.717, 1.165) is 48.2 Å². The normalized spacial score (nSPS) is 35.9. The van der Waals surface area contributed by atoms with Crippen LogP contribution in [0, 0.1) is 23.2 Å². The Balaban J connectivity index is 1.42. The molecule has 0 saturated heterocycles. The number of imidazole rings is 1. The van der Waals surface area contributed by atoms with Gasteiger partial charge in [-0.15, -0.1) is 0 Å². The fourth-order valence-corrected chi connectivity index (χ4v) is 5.55. The standard InChI is InChI=1S/C17H20N4O/c22-16(21-13-4-14-15(18-8-13)20-9-19-14)17-5-10-1-11(6-17)3-12(2-10)7-17/h4,8-12H,1-3,5-7H2,(H,21,22)(H,18,19,20). The minimum absolute atomic E-state index is 0.113. The van der Waals surface area contributed by atoms with Gasteiger partial charge in [0.05, 0.1) is 29.1 Å². The molecule has 22 heavy (non-hydrogen) atoms. The summed E-state index contributed by atoms with van der Waals surface area (Å²) in [7, 11) is 0. The Hall–Kier alpha value is -1.91. The van der Waals surface area contributed by atoms with Crippen molar-refractivity contribution in [1.82, 2.24) is 15.0 Å². The van der Waals surface area contributed by atoms with Gasteiger partial charge < -0.3 is 10.3 Å². The molecule has 4 aliphatic carbocycles. The Labute approximate surface area is 128 Å². The van der Waals surface area contributed by atoms with Gasteiger partial charge in [0.1, 0.15) is 0 Å². The SMILES string of the molecule is O=C(Nc1cnc2nc[nH]c2c1)C12CC3CC(CC(C3)C1)C2. The summed E-state index contributed by atoms with van der Waals surface area (Å²) in [6, 6.07) is 1.92. The smallest absolute Gasteiger partial charge is 0.230 e. The number of fused-ring (bicyclic) bond motifs is 1. The first-order chi connectivity index (χ1) is 10.7. The first-order valence-electron chi connectivity index (χ1n) is 8.31. The van der Waals surface area contributed by atoms with Crippen molar-refractivity contribution in [3.05, 3.63) is 18.6 Å². The molecule has 2 N–H and O–H groups in total. The highest BCUT2D eigenvalue weighted by atomic mass is 16.2. The zero-order chi connectivity index (χ0) is 14.7. The van der Waals surface area contributed by atoms with Crippen molar-refractivity contribution in [2.24, 2.45) is 23.2 Å². The molecule has 2 aromatic rings. The summed E-state index contributed by atoms with van der Waals surface area (Å²) in [5, 5.41) is 3.13. The quantitative estimate of drug-likeness (QED) is 0.894. The number of rotatable bonds is 2. The number of amides is 1. The Kier molecular flexibility index (Phi) is 2.47. The molecule has 0 atom stereocenters. The Morgan fingerprint density at radius 3 is 2.50 bits per heavy atom. The van der Waals surface area contributed by atoms with E-state index < -0.39 is 0 Å². The molecule has 5 heteroatoms. The Morgan fingerprint density at radius 1 is 1.14 bits per heavy atom. The molecule has 4 aliphatic rings. The lowest BCUT2D eigenvalue weighted by atomic mass is 9.49. The zero-order valence-electron chi connectivity index (χ0n) is 12.5. The van der Waals surface area contributed by atoms with Crippen LogP contribution in [0.1, 0.15) is 38.5 Å². The largest absolute Gasteiger partial charge is 0.343 e. The average Bonchev–Trinajstić information content (AvgIpc) is 2.93. The van der Waals surface area contributed by atoms with E-state index in [0.29, 0.717) is 5.65 Å². The van der Waals surface area contributed by atoms with Crippen molar-refractivity contribution in [2.75, 3.05) is 5.32 Å². The number of aromatic nitrogens is 3. The van der Waals surface area contributed by atoms with Gasteiger partial charge in [-0.2, -0.15) is 0 Å². The van der Waals surface area contributed by atoms with E-state index in [4.69, 9.17) is 0 Å². The third-order valence-electron chi connectivity index (χ3n) is 6.05. The lowest BCUT2D eigenvalue weighted by Crippen LogP contribution is -2.51. The Morgan fingerprint density at radius 2 is 1.82 bits per heavy atom. The number of carbonyl (C=O) groups is 1. The van der Waals surface area contributed by atoms with Gasteiger partial charge in [0.25, 0.3) is 0 Å². The third kappa shape index (κ3) is 1.81. The summed E-state index contributed by atoms with van der Waals surface area (Å²) < 4.78 is 0. The maximum atomic E-state index is 13.0. The average molecular weight is 296 g/mol. The third-order valence-corrected chi connectivity index (χ3v) is 6.05. The van der Waals surface area contributed by atoms with Gasteiger partial charge in [-0.3, -0.25) is 4.79 Å². The number of H-pyrrole nitrogens is 1. The first-order valence-corrected chi connectivity index (χ1v) is 8.31. The second-order valence-electron chi connectivity index (χ2n) is 7.65. The van der Waals surface area contributed by atoms with Crippen LogP contribution in [0.5, 0.6) is 0 Å². The van der Waals surface area contributed by atoms with E-state index in [1.54, 1.807) is 12.5 Å². The molecule has 0 radical (unpaired) electrons. The number of nitrogens with zero attached hydrogens (tertiary/aromatic N) is 2. The molecule has 5 nitrogen and oxygen atoms in total. The van der Waals surface area contributed by atoms with Crippen LogP contribution in [0.25, 0.3) is 11.2 Å². The van der Waals surface area contributed by atoms with Crippen molar-refractivity contribution in [3.8, 4) is 0 Å². The van der Waals surface area contributed by atoms with Crippen LogP contribution in [-0.2, 0) is 4.79 Å². The van der Waals surface area contributed by atoms with Gasteiger partial charge in [-0.1, -0.05) is 0 Å². The molecular weight excluding hydrogens is 276 g/mol. The summed E-state index contributed by atoms with van der Waals surface area (Å²) in [6.07, 6.45) is 10.7. The number of nitrogens with one attached hydrogen (secondary N) is 2. The number of hydrogen-bond donors (Lipinski definition) is 2. The van der Waals surface area contributed by atoms with Crippen LogP contribution in [0.4, 0.5) is 5.69 Å². The van der Waals surface area contributed by atoms with Crippen molar-refractivity contribution in [1.29, 1.82) is 0 Å². The van der Waals surface area contributed by atoms with Crippen LogP contribution in [0.15, 0.2) is 18.6 Å². The van der Waals surface area contributed by atoms with Gasteiger partial charge in [0.2, 0.25) is 5.91 Å². The van der Waals surface area contributed by atoms with Gasteiger partial charge in [-0.25, -0.2) is 9.97 Å². The second kappa shape index (κ2) is 4.31. The van der Waals surface area contributed by atoms with E-state index in [-0.39, 0.29) is 11.3 Å². The second-order valence-corrected chi connectivity index (χ2v) is 7.65. The minimum atomic E-state index is -0.113. The number of anilines is 1. The van der Waals surface area contributed by atoms with Crippen molar-refractivity contribution < 1.29 is 4.79 Å². The van der Waals surface area contributed by atoms with Gasteiger partial charge >= 0.3 is 0 Å². The number of hydrogen-bond acceptors (Lipinski definition) is 3. The van der Waals surface area contributed by atoms with Crippen LogP contribution in [0.2, 0.25) is 0 Å². The predicted molar refractivity (Wildman–Crippen MR) is 83.1 cm³/mol. The van der Waals surface area contributed by atoms with E-state index in [2.05, 4.69) is 20.3 Å². The van der Waals surface area contributed by atoms with E-state index in [9.17, 15) is 4.79 Å². The highest BCUT2D eigenvalue weighted by Gasteiger charge is 2.54. The number of carbonyl (C=O) groups excluding carboxylic acids is 1.